The predicted molar refractivity (Wildman–Crippen MR) is 73.6 cm³/mol. The van der Waals surface area contributed by atoms with Crippen molar-refractivity contribution in [1.29, 1.82) is 0 Å². The molecule has 1 aliphatic heterocycles. The van der Waals surface area contributed by atoms with E-state index in [4.69, 9.17) is 5.73 Å². The fourth-order valence-corrected chi connectivity index (χ4v) is 2.94. The molecule has 3 rings (SSSR count). The Morgan fingerprint density at radius 2 is 1.86 bits per heavy atom. The molecular formula is C15H14N2O4. The lowest BCUT2D eigenvalue weighted by Gasteiger charge is -2.23. The molecule has 21 heavy (non-hydrogen) atoms. The molecule has 0 aromatic heterocycles. The third-order valence-electron chi connectivity index (χ3n) is 3.97. The summed E-state index contributed by atoms with van der Waals surface area (Å²) in [7, 11) is 0. The van der Waals surface area contributed by atoms with Crippen LogP contribution in [0, 0.1) is 0 Å². The average molecular weight is 286 g/mol. The molecule has 6 heteroatoms. The van der Waals surface area contributed by atoms with Crippen LogP contribution in [-0.2, 0) is 9.59 Å². The molecule has 0 unspecified atom stereocenters. The van der Waals surface area contributed by atoms with E-state index in [2.05, 4.69) is 0 Å². The number of nitrogens with two attached hydrogens (primary N) is 1. The van der Waals surface area contributed by atoms with E-state index < -0.39 is 17.9 Å². The molecule has 1 aliphatic carbocycles. The van der Waals surface area contributed by atoms with E-state index >= 15 is 0 Å². The van der Waals surface area contributed by atoms with Crippen LogP contribution >= 0.6 is 0 Å². The maximum atomic E-state index is 12.5. The number of hydrogen-bond acceptors (Lipinski definition) is 5. The van der Waals surface area contributed by atoms with Crippen molar-refractivity contribution in [2.45, 2.75) is 31.7 Å². The van der Waals surface area contributed by atoms with Crippen LogP contribution in [0.15, 0.2) is 18.2 Å². The monoisotopic (exact) mass is 286 g/mol. The first-order valence-corrected chi connectivity index (χ1v) is 6.81. The largest absolute Gasteiger partial charge is 0.398 e. The second-order valence-corrected chi connectivity index (χ2v) is 5.34. The smallest absolute Gasteiger partial charge is 0.264 e. The van der Waals surface area contributed by atoms with Crippen molar-refractivity contribution in [1.82, 2.24) is 4.90 Å². The minimum atomic E-state index is -0.858. The Morgan fingerprint density at radius 1 is 1.10 bits per heavy atom. The first kappa shape index (κ1) is 13.5. The number of fused-ring (bicyclic) bond motifs is 1. The Bertz CT molecular complexity index is 680. The number of nitrogen functional groups attached to an aromatic ring is 1. The highest BCUT2D eigenvalue weighted by atomic mass is 16.2. The summed E-state index contributed by atoms with van der Waals surface area (Å²) in [4.78, 5) is 49.4. The predicted octanol–water partition coefficient (Wildman–Crippen LogP) is 0.946. The van der Waals surface area contributed by atoms with Crippen molar-refractivity contribution in [3.63, 3.8) is 0 Å². The molecule has 108 valence electrons. The van der Waals surface area contributed by atoms with Crippen LogP contribution in [0.4, 0.5) is 5.69 Å². The third kappa shape index (κ3) is 2.03. The number of hydrogen-bond donors (Lipinski definition) is 1. The standard InChI is InChI=1S/C15H14N2O4/c16-10-5-2-4-9-13(10)15(21)17(14(9)20)11-6-1-3-8(18)7-12(11)19/h2,4-5,11H,1,3,6-7,16H2/t11-/m0/s1. The number of ketones is 2. The summed E-state index contributed by atoms with van der Waals surface area (Å²) in [6.07, 6.45) is 0.926. The fraction of sp³-hybridized carbons (Fsp3) is 0.333. The van der Waals surface area contributed by atoms with Crippen LogP contribution < -0.4 is 5.73 Å². The minimum absolute atomic E-state index is 0.140. The van der Waals surface area contributed by atoms with Gasteiger partial charge in [0.25, 0.3) is 11.8 Å². The maximum absolute atomic E-state index is 12.5. The number of nitrogens with zero attached hydrogens (tertiary/aromatic N) is 1. The van der Waals surface area contributed by atoms with Gasteiger partial charge in [0, 0.05) is 12.1 Å². The van der Waals surface area contributed by atoms with Crippen LogP contribution in [0.3, 0.4) is 0 Å². The van der Waals surface area contributed by atoms with Crippen molar-refractivity contribution in [3.05, 3.63) is 29.3 Å². The van der Waals surface area contributed by atoms with Gasteiger partial charge in [-0.05, 0) is 25.0 Å². The zero-order valence-electron chi connectivity index (χ0n) is 11.3. The molecule has 1 heterocycles. The van der Waals surface area contributed by atoms with Crippen molar-refractivity contribution in [2.24, 2.45) is 0 Å². The van der Waals surface area contributed by atoms with Gasteiger partial charge in [-0.15, -0.1) is 0 Å². The van der Waals surface area contributed by atoms with Crippen LogP contribution in [-0.4, -0.2) is 34.3 Å². The Labute approximate surface area is 120 Å². The van der Waals surface area contributed by atoms with Gasteiger partial charge in [-0.25, -0.2) is 0 Å². The number of rotatable bonds is 1. The second kappa shape index (κ2) is 4.80. The summed E-state index contributed by atoms with van der Waals surface area (Å²) in [6, 6.07) is 3.81. The highest BCUT2D eigenvalue weighted by Crippen LogP contribution is 2.31. The first-order valence-electron chi connectivity index (χ1n) is 6.81. The van der Waals surface area contributed by atoms with Gasteiger partial charge < -0.3 is 5.73 Å². The number of amides is 2. The molecule has 2 aliphatic rings. The summed E-state index contributed by atoms with van der Waals surface area (Å²) < 4.78 is 0. The van der Waals surface area contributed by atoms with Crippen LogP contribution in [0.1, 0.15) is 46.4 Å². The highest BCUT2D eigenvalue weighted by molar-refractivity contribution is 6.25. The Balaban J connectivity index is 2.00. The molecule has 2 amide bonds. The molecule has 1 saturated carbocycles. The molecule has 2 N–H and O–H groups in total. The molecule has 0 radical (unpaired) electrons. The molecule has 0 spiro atoms. The number of carbonyl (C=O) groups is 4. The minimum Gasteiger partial charge on any atom is -0.398 e. The quantitative estimate of drug-likeness (QED) is 0.359. The first-order chi connectivity index (χ1) is 10.0. The Morgan fingerprint density at radius 3 is 2.57 bits per heavy atom. The topological polar surface area (TPSA) is 97.5 Å². The van der Waals surface area contributed by atoms with Crippen molar-refractivity contribution in [3.8, 4) is 0 Å². The van der Waals surface area contributed by atoms with E-state index in [1.807, 2.05) is 0 Å². The van der Waals surface area contributed by atoms with E-state index in [0.29, 0.717) is 19.3 Å². The van der Waals surface area contributed by atoms with E-state index in [-0.39, 0.29) is 34.8 Å². The van der Waals surface area contributed by atoms with Crippen molar-refractivity contribution >= 4 is 29.1 Å². The van der Waals surface area contributed by atoms with E-state index in [1.54, 1.807) is 12.1 Å². The summed E-state index contributed by atoms with van der Waals surface area (Å²) in [6.45, 7) is 0. The fourth-order valence-electron chi connectivity index (χ4n) is 2.94. The number of imide groups is 1. The lowest BCUT2D eigenvalue weighted by Crippen LogP contribution is -2.44. The Kier molecular flexibility index (Phi) is 3.08. The molecule has 1 atom stereocenters. The van der Waals surface area contributed by atoms with E-state index in [9.17, 15) is 19.2 Å². The zero-order chi connectivity index (χ0) is 15.1. The molecule has 1 aromatic rings. The van der Waals surface area contributed by atoms with Gasteiger partial charge in [-0.1, -0.05) is 6.07 Å². The van der Waals surface area contributed by atoms with Crippen molar-refractivity contribution < 1.29 is 19.2 Å². The van der Waals surface area contributed by atoms with E-state index in [1.165, 1.54) is 6.07 Å². The summed E-state index contributed by atoms with van der Waals surface area (Å²) in [5, 5.41) is 0. The lowest BCUT2D eigenvalue weighted by atomic mass is 10.1. The van der Waals surface area contributed by atoms with Crippen molar-refractivity contribution in [2.75, 3.05) is 5.73 Å². The van der Waals surface area contributed by atoms with Crippen LogP contribution in [0.5, 0.6) is 0 Å². The number of carbonyl (C=O) groups excluding carboxylic acids is 4. The molecular weight excluding hydrogens is 272 g/mol. The van der Waals surface area contributed by atoms with Crippen LogP contribution in [0.2, 0.25) is 0 Å². The summed E-state index contributed by atoms with van der Waals surface area (Å²) >= 11 is 0. The third-order valence-corrected chi connectivity index (χ3v) is 3.97. The second-order valence-electron chi connectivity index (χ2n) is 5.34. The zero-order valence-corrected chi connectivity index (χ0v) is 11.3. The van der Waals surface area contributed by atoms with Crippen LogP contribution in [0.25, 0.3) is 0 Å². The molecule has 1 aromatic carbocycles. The van der Waals surface area contributed by atoms with Gasteiger partial charge >= 0.3 is 0 Å². The summed E-state index contributed by atoms with van der Waals surface area (Å²) in [5.41, 5.74) is 6.38. The molecule has 1 fully saturated rings. The van der Waals surface area contributed by atoms with Gasteiger partial charge in [-0.3, -0.25) is 24.1 Å². The van der Waals surface area contributed by atoms with Gasteiger partial charge in [-0.2, -0.15) is 0 Å². The van der Waals surface area contributed by atoms with Gasteiger partial charge in [0.2, 0.25) is 0 Å². The highest BCUT2D eigenvalue weighted by Gasteiger charge is 2.44. The SMILES string of the molecule is Nc1cccc2c1C(=O)N([C@H]1CCCC(=O)CC1=O)C2=O. The molecule has 6 nitrogen and oxygen atoms in total. The Hall–Kier alpha value is -2.50. The summed E-state index contributed by atoms with van der Waals surface area (Å²) in [5.74, 6) is -1.56. The molecule has 0 saturated heterocycles. The number of benzene rings is 1. The normalized spacial score (nSPS) is 22.5. The lowest BCUT2D eigenvalue weighted by molar-refractivity contribution is -0.128. The maximum Gasteiger partial charge on any atom is 0.264 e. The van der Waals surface area contributed by atoms with E-state index in [0.717, 1.165) is 4.90 Å². The van der Waals surface area contributed by atoms with Gasteiger partial charge in [0.15, 0.2) is 5.78 Å². The van der Waals surface area contributed by atoms with Gasteiger partial charge in [0.05, 0.1) is 23.6 Å². The number of Topliss-reactive ketones (excluding diaryl/α,β-unsaturated/α-hetero) is 2. The average Bonchev–Trinajstić information content (AvgIpc) is 2.57. The number of anilines is 1. The molecule has 0 bridgehead atoms. The van der Waals surface area contributed by atoms with Gasteiger partial charge in [0.1, 0.15) is 5.78 Å².